The van der Waals surface area contributed by atoms with Crippen LogP contribution in [0.1, 0.15) is 28.3 Å². The van der Waals surface area contributed by atoms with Crippen molar-refractivity contribution in [3.8, 4) is 28.0 Å². The van der Waals surface area contributed by atoms with Crippen molar-refractivity contribution in [2.24, 2.45) is 0 Å². The van der Waals surface area contributed by atoms with Crippen LogP contribution in [0, 0.1) is 23.3 Å². The molecule has 0 atom stereocenters. The Labute approximate surface area is 330 Å². The number of halogens is 5. The first kappa shape index (κ1) is 35.5. The number of fused-ring (bicyclic) bond motifs is 8. The molecule has 0 aliphatic carbocycles. The van der Waals surface area contributed by atoms with Crippen LogP contribution in [0.2, 0.25) is 0 Å². The number of hydrogen-bond donors (Lipinski definition) is 2. The lowest BCUT2D eigenvalue weighted by Gasteiger charge is -2.13. The summed E-state index contributed by atoms with van der Waals surface area (Å²) in [5, 5.41) is 0. The number of hydrogen-bond acceptors (Lipinski definition) is 4. The molecule has 274 valence electrons. The van der Waals surface area contributed by atoms with Crippen molar-refractivity contribution in [1.82, 2.24) is 19.9 Å². The fraction of sp³-hybridized carbons (Fsp3) is 0.0222. The number of H-pyrrole nitrogens is 2. The van der Waals surface area contributed by atoms with Crippen LogP contribution in [0.15, 0.2) is 130 Å². The summed E-state index contributed by atoms with van der Waals surface area (Å²) in [6.45, 7) is 0.448. The molecule has 5 nitrogen and oxygen atoms in total. The molecule has 2 aliphatic rings. The molecule has 0 saturated heterocycles. The second-order valence-corrected chi connectivity index (χ2v) is 15.0. The highest BCUT2D eigenvalue weighted by molar-refractivity contribution is 9.10. The SMILES string of the molecule is Fc1c(F)c(-c2c3nc(cc4ccc([nH]4)c(-c4ccc(OCc5ccccc5)cc4)c4nc(cc5ccc2[nH]5)C=C4)C=C3)c(F)c(F)c1Sc1ccc(Br)cc1. The highest BCUT2D eigenvalue weighted by Gasteiger charge is 2.29. The summed E-state index contributed by atoms with van der Waals surface area (Å²) in [5.41, 5.74) is 5.96. The molecule has 5 heterocycles. The molecule has 2 N–H and O–H groups in total. The van der Waals surface area contributed by atoms with Gasteiger partial charge in [-0.15, -0.1) is 0 Å². The van der Waals surface area contributed by atoms with E-state index in [0.29, 0.717) is 51.4 Å². The molecular formula is C45H27BrF4N4OS. The third kappa shape index (κ3) is 6.95. The molecule has 0 fully saturated rings. The molecule has 4 aromatic carbocycles. The summed E-state index contributed by atoms with van der Waals surface area (Å²) in [6, 6.07) is 35.0. The van der Waals surface area contributed by atoms with Crippen LogP contribution in [0.3, 0.4) is 0 Å². The van der Waals surface area contributed by atoms with Crippen molar-refractivity contribution in [2.75, 3.05) is 0 Å². The quantitative estimate of drug-likeness (QED) is 0.124. The first-order valence-corrected chi connectivity index (χ1v) is 19.1. The Balaban J connectivity index is 1.18. The van der Waals surface area contributed by atoms with Crippen LogP contribution in [0.5, 0.6) is 5.75 Å². The minimum absolute atomic E-state index is 0.115. The largest absolute Gasteiger partial charge is 0.489 e. The molecule has 0 radical (unpaired) electrons. The van der Waals surface area contributed by atoms with E-state index in [0.717, 1.165) is 32.4 Å². The highest BCUT2D eigenvalue weighted by Crippen LogP contribution is 2.42. The normalized spacial score (nSPS) is 12.0. The molecule has 0 unspecified atom stereocenters. The maximum absolute atomic E-state index is 16.2. The maximum atomic E-state index is 16.2. The lowest BCUT2D eigenvalue weighted by atomic mass is 10.0. The monoisotopic (exact) mass is 826 g/mol. The molecule has 7 aromatic rings. The van der Waals surface area contributed by atoms with Gasteiger partial charge in [0.15, 0.2) is 23.3 Å². The van der Waals surface area contributed by atoms with Crippen molar-refractivity contribution in [1.29, 1.82) is 0 Å². The van der Waals surface area contributed by atoms with Crippen molar-refractivity contribution in [3.05, 3.63) is 171 Å². The second-order valence-electron chi connectivity index (χ2n) is 13.0. The second kappa shape index (κ2) is 14.8. The van der Waals surface area contributed by atoms with E-state index < -0.39 is 33.7 Å². The fourth-order valence-electron chi connectivity index (χ4n) is 6.64. The van der Waals surface area contributed by atoms with Gasteiger partial charge in [-0.2, -0.15) is 0 Å². The highest BCUT2D eigenvalue weighted by atomic mass is 79.9. The first-order valence-electron chi connectivity index (χ1n) is 17.4. The van der Waals surface area contributed by atoms with Crippen LogP contribution in [0.4, 0.5) is 17.6 Å². The number of aromatic amines is 2. The number of nitrogens with zero attached hydrogens (tertiary/aromatic N) is 2. The van der Waals surface area contributed by atoms with E-state index in [2.05, 4.69) is 30.9 Å². The third-order valence-electron chi connectivity index (χ3n) is 9.30. The fourth-order valence-corrected chi connectivity index (χ4v) is 7.77. The van der Waals surface area contributed by atoms with Crippen LogP contribution in [-0.2, 0) is 6.61 Å². The zero-order valence-corrected chi connectivity index (χ0v) is 31.5. The van der Waals surface area contributed by atoms with Gasteiger partial charge < -0.3 is 14.7 Å². The van der Waals surface area contributed by atoms with Crippen LogP contribution >= 0.6 is 27.7 Å². The smallest absolute Gasteiger partial charge is 0.176 e. The average Bonchev–Trinajstić information content (AvgIpc) is 4.05. The van der Waals surface area contributed by atoms with Gasteiger partial charge in [0.25, 0.3) is 0 Å². The van der Waals surface area contributed by atoms with Crippen molar-refractivity contribution >= 4 is 74.1 Å². The molecule has 3 aromatic heterocycles. The average molecular weight is 828 g/mol. The Kier molecular flexibility index (Phi) is 9.40. The predicted molar refractivity (Wildman–Crippen MR) is 219 cm³/mol. The number of ether oxygens (including phenoxy) is 1. The van der Waals surface area contributed by atoms with Gasteiger partial charge >= 0.3 is 0 Å². The summed E-state index contributed by atoms with van der Waals surface area (Å²) in [7, 11) is 0. The molecule has 0 amide bonds. The predicted octanol–water partition coefficient (Wildman–Crippen LogP) is 13.0. The van der Waals surface area contributed by atoms with E-state index in [1.54, 1.807) is 60.7 Å². The van der Waals surface area contributed by atoms with Gasteiger partial charge in [0.2, 0.25) is 0 Å². The van der Waals surface area contributed by atoms with Gasteiger partial charge in [-0.25, -0.2) is 27.5 Å². The number of benzene rings is 4. The molecular weight excluding hydrogens is 800 g/mol. The minimum Gasteiger partial charge on any atom is -0.489 e. The zero-order valence-electron chi connectivity index (χ0n) is 29.1. The molecule has 8 bridgehead atoms. The van der Waals surface area contributed by atoms with Gasteiger partial charge in [-0.1, -0.05) is 70.2 Å². The van der Waals surface area contributed by atoms with Crippen molar-refractivity contribution in [2.45, 2.75) is 16.4 Å². The van der Waals surface area contributed by atoms with Crippen LogP contribution in [0.25, 0.3) is 68.6 Å². The summed E-state index contributed by atoms with van der Waals surface area (Å²) in [6.07, 6.45) is 7.02. The lowest BCUT2D eigenvalue weighted by Crippen LogP contribution is -2.04. The van der Waals surface area contributed by atoms with E-state index in [-0.39, 0.29) is 16.8 Å². The van der Waals surface area contributed by atoms with Crippen molar-refractivity contribution in [3.63, 3.8) is 0 Å². The molecule has 2 aliphatic heterocycles. The topological polar surface area (TPSA) is 66.6 Å². The van der Waals surface area contributed by atoms with Gasteiger partial charge in [-0.3, -0.25) is 0 Å². The van der Waals surface area contributed by atoms with E-state index >= 15 is 17.6 Å². The Morgan fingerprint density at radius 1 is 0.571 bits per heavy atom. The lowest BCUT2D eigenvalue weighted by molar-refractivity contribution is 0.306. The third-order valence-corrected chi connectivity index (χ3v) is 10.9. The Morgan fingerprint density at radius 3 is 1.75 bits per heavy atom. The van der Waals surface area contributed by atoms with Gasteiger partial charge in [0.1, 0.15) is 12.4 Å². The first-order chi connectivity index (χ1) is 27.3. The summed E-state index contributed by atoms with van der Waals surface area (Å²) >= 11 is 3.91. The number of rotatable bonds is 7. The van der Waals surface area contributed by atoms with E-state index in [9.17, 15) is 0 Å². The summed E-state index contributed by atoms with van der Waals surface area (Å²) < 4.78 is 70.7. The van der Waals surface area contributed by atoms with E-state index in [4.69, 9.17) is 9.72 Å². The summed E-state index contributed by atoms with van der Waals surface area (Å²) in [5.74, 6) is -5.34. The van der Waals surface area contributed by atoms with E-state index in [1.165, 1.54) is 0 Å². The molecule has 0 spiro atoms. The zero-order chi connectivity index (χ0) is 38.3. The Hall–Kier alpha value is -6.17. The molecule has 9 rings (SSSR count). The van der Waals surface area contributed by atoms with Crippen LogP contribution in [-0.4, -0.2) is 19.9 Å². The van der Waals surface area contributed by atoms with Gasteiger partial charge in [-0.05, 0) is 108 Å². The number of nitrogens with one attached hydrogen (secondary N) is 2. The maximum Gasteiger partial charge on any atom is 0.176 e. The number of aromatic nitrogens is 4. The molecule has 56 heavy (non-hydrogen) atoms. The molecule has 0 saturated carbocycles. The summed E-state index contributed by atoms with van der Waals surface area (Å²) in [4.78, 5) is 15.9. The van der Waals surface area contributed by atoms with Gasteiger partial charge in [0, 0.05) is 42.6 Å². The standard InChI is InChI=1S/C45H27BrF4N4OS/c46-27-8-16-33(17-9-27)56-45-43(49)41(47)40(42(48)44(45)50)39-36-20-12-30(53-36)22-28-10-18-34(51-28)38(35-19-11-29(52-35)23-31-13-21-37(39)54-31)26-6-14-32(15-7-26)55-24-25-4-2-1-3-5-25/h1-23,51,54H,24H2. The van der Waals surface area contributed by atoms with Crippen molar-refractivity contribution < 1.29 is 22.3 Å². The van der Waals surface area contributed by atoms with E-state index in [1.807, 2.05) is 78.9 Å². The molecule has 11 heteroatoms. The van der Waals surface area contributed by atoms with Gasteiger partial charge in [0.05, 0.1) is 33.2 Å². The Bertz CT molecular complexity index is 2860. The Morgan fingerprint density at radius 2 is 1.14 bits per heavy atom. The van der Waals surface area contributed by atoms with Crippen LogP contribution < -0.4 is 4.74 Å². The minimum atomic E-state index is -1.53.